The molecular formula is C17H20FNS. The van der Waals surface area contributed by atoms with Gasteiger partial charge in [-0.2, -0.15) is 0 Å². The van der Waals surface area contributed by atoms with Gasteiger partial charge in [0.2, 0.25) is 0 Å². The number of thioether (sulfide) groups is 1. The number of benzene rings is 2. The first-order valence-electron chi connectivity index (χ1n) is 6.72. The molecule has 2 N–H and O–H groups in total. The highest BCUT2D eigenvalue weighted by atomic mass is 32.2. The summed E-state index contributed by atoms with van der Waals surface area (Å²) in [5.41, 5.74) is 9.73. The van der Waals surface area contributed by atoms with E-state index in [9.17, 15) is 4.39 Å². The van der Waals surface area contributed by atoms with E-state index < -0.39 is 0 Å². The van der Waals surface area contributed by atoms with Gasteiger partial charge in [0.15, 0.2) is 0 Å². The Kier molecular flexibility index (Phi) is 4.84. The normalized spacial score (nSPS) is 14.1. The lowest BCUT2D eigenvalue weighted by Crippen LogP contribution is -2.22. The van der Waals surface area contributed by atoms with Crippen molar-refractivity contribution in [3.63, 3.8) is 0 Å². The number of rotatable bonds is 4. The second kappa shape index (κ2) is 6.42. The van der Waals surface area contributed by atoms with Crippen LogP contribution in [-0.2, 0) is 0 Å². The fraction of sp³-hybridized carbons (Fsp3) is 0.294. The minimum absolute atomic E-state index is 0.00734. The number of nitrogens with two attached hydrogens (primary N) is 1. The smallest absolute Gasteiger partial charge is 0.123 e. The van der Waals surface area contributed by atoms with Gasteiger partial charge < -0.3 is 5.73 Å². The molecule has 1 nitrogen and oxygen atoms in total. The lowest BCUT2D eigenvalue weighted by atomic mass is 10.1. The highest BCUT2D eigenvalue weighted by molar-refractivity contribution is 7.99. The van der Waals surface area contributed by atoms with E-state index in [1.54, 1.807) is 11.8 Å². The fourth-order valence-corrected chi connectivity index (χ4v) is 3.26. The van der Waals surface area contributed by atoms with E-state index in [4.69, 9.17) is 5.73 Å². The van der Waals surface area contributed by atoms with E-state index in [2.05, 4.69) is 32.0 Å². The van der Waals surface area contributed by atoms with Crippen LogP contribution in [0.5, 0.6) is 0 Å². The lowest BCUT2D eigenvalue weighted by Gasteiger charge is -2.21. The van der Waals surface area contributed by atoms with E-state index in [0.29, 0.717) is 0 Å². The third-order valence-electron chi connectivity index (χ3n) is 3.42. The zero-order valence-corrected chi connectivity index (χ0v) is 12.9. The molecule has 0 aliphatic rings. The summed E-state index contributed by atoms with van der Waals surface area (Å²) in [5.74, 6) is -0.214. The van der Waals surface area contributed by atoms with E-state index in [1.165, 1.54) is 28.2 Å². The topological polar surface area (TPSA) is 26.0 Å². The Morgan fingerprint density at radius 1 is 1.00 bits per heavy atom. The van der Waals surface area contributed by atoms with Crippen molar-refractivity contribution in [2.75, 3.05) is 0 Å². The molecule has 0 fully saturated rings. The second-order valence-electron chi connectivity index (χ2n) is 5.20. The third kappa shape index (κ3) is 3.62. The zero-order valence-electron chi connectivity index (χ0n) is 12.1. The van der Waals surface area contributed by atoms with Gasteiger partial charge in [-0.05, 0) is 61.7 Å². The van der Waals surface area contributed by atoms with Crippen LogP contribution >= 0.6 is 11.8 Å². The molecule has 0 aliphatic carbocycles. The highest BCUT2D eigenvalue weighted by Crippen LogP contribution is 2.37. The van der Waals surface area contributed by atoms with Crippen LogP contribution < -0.4 is 5.73 Å². The minimum atomic E-state index is -0.214. The Balaban J connectivity index is 2.25. The van der Waals surface area contributed by atoms with Crippen molar-refractivity contribution < 1.29 is 4.39 Å². The first-order chi connectivity index (χ1) is 9.47. The molecule has 0 aliphatic heterocycles. The molecule has 0 spiro atoms. The van der Waals surface area contributed by atoms with Crippen LogP contribution in [0.3, 0.4) is 0 Å². The summed E-state index contributed by atoms with van der Waals surface area (Å²) in [4.78, 5) is 1.19. The molecule has 106 valence electrons. The molecule has 0 heterocycles. The van der Waals surface area contributed by atoms with Crippen molar-refractivity contribution in [3.8, 4) is 0 Å². The largest absolute Gasteiger partial charge is 0.327 e. The van der Waals surface area contributed by atoms with Gasteiger partial charge in [-0.25, -0.2) is 4.39 Å². The first-order valence-corrected chi connectivity index (χ1v) is 7.60. The van der Waals surface area contributed by atoms with Gasteiger partial charge in [-0.15, -0.1) is 11.8 Å². The molecule has 2 unspecified atom stereocenters. The SMILES string of the molecule is Cc1ccc(SC(c2ccc(F)cc2)C(C)N)cc1C. The molecule has 0 amide bonds. The molecule has 2 aromatic rings. The Bertz CT molecular complexity index is 578. The van der Waals surface area contributed by atoms with Gasteiger partial charge in [0.05, 0.1) is 0 Å². The minimum Gasteiger partial charge on any atom is -0.327 e. The van der Waals surface area contributed by atoms with Crippen molar-refractivity contribution in [3.05, 3.63) is 65.0 Å². The van der Waals surface area contributed by atoms with Gasteiger partial charge in [0.1, 0.15) is 5.82 Å². The average molecular weight is 289 g/mol. The molecule has 2 atom stereocenters. The quantitative estimate of drug-likeness (QED) is 0.831. The van der Waals surface area contributed by atoms with Gasteiger partial charge in [-0.1, -0.05) is 18.2 Å². The predicted molar refractivity (Wildman–Crippen MR) is 84.6 cm³/mol. The number of hydrogen-bond donors (Lipinski definition) is 1. The Morgan fingerprint density at radius 2 is 1.65 bits per heavy atom. The molecule has 0 saturated heterocycles. The summed E-state index contributed by atoms with van der Waals surface area (Å²) in [5, 5.41) is 0.123. The van der Waals surface area contributed by atoms with E-state index in [1.807, 2.05) is 19.1 Å². The zero-order chi connectivity index (χ0) is 14.7. The fourth-order valence-electron chi connectivity index (χ4n) is 2.07. The molecule has 2 rings (SSSR count). The summed E-state index contributed by atoms with van der Waals surface area (Å²) in [6.07, 6.45) is 0. The highest BCUT2D eigenvalue weighted by Gasteiger charge is 2.18. The maximum absolute atomic E-state index is 13.0. The molecule has 20 heavy (non-hydrogen) atoms. The second-order valence-corrected chi connectivity index (χ2v) is 6.41. The van der Waals surface area contributed by atoms with Crippen molar-refractivity contribution in [2.24, 2.45) is 5.73 Å². The van der Waals surface area contributed by atoms with Gasteiger partial charge in [0, 0.05) is 16.2 Å². The van der Waals surface area contributed by atoms with Crippen molar-refractivity contribution in [1.82, 2.24) is 0 Å². The van der Waals surface area contributed by atoms with Gasteiger partial charge in [0.25, 0.3) is 0 Å². The molecule has 0 radical (unpaired) electrons. The van der Waals surface area contributed by atoms with E-state index in [-0.39, 0.29) is 17.1 Å². The number of hydrogen-bond acceptors (Lipinski definition) is 2. The van der Waals surface area contributed by atoms with Crippen LogP contribution in [-0.4, -0.2) is 6.04 Å². The van der Waals surface area contributed by atoms with Crippen LogP contribution in [0.4, 0.5) is 4.39 Å². The summed E-state index contributed by atoms with van der Waals surface area (Å²) in [6.45, 7) is 6.20. The Labute approximate surface area is 124 Å². The maximum atomic E-state index is 13.0. The Morgan fingerprint density at radius 3 is 2.20 bits per heavy atom. The summed E-state index contributed by atoms with van der Waals surface area (Å²) < 4.78 is 13.0. The maximum Gasteiger partial charge on any atom is 0.123 e. The monoisotopic (exact) mass is 289 g/mol. The van der Waals surface area contributed by atoms with Crippen molar-refractivity contribution in [2.45, 2.75) is 37.0 Å². The molecular weight excluding hydrogens is 269 g/mol. The molecule has 3 heteroatoms. The van der Waals surface area contributed by atoms with Crippen LogP contribution in [0.2, 0.25) is 0 Å². The predicted octanol–water partition coefficient (Wildman–Crippen LogP) is 4.62. The first kappa shape index (κ1) is 15.1. The average Bonchev–Trinajstić information content (AvgIpc) is 2.41. The van der Waals surface area contributed by atoms with Crippen molar-refractivity contribution >= 4 is 11.8 Å². The van der Waals surface area contributed by atoms with Crippen LogP contribution in [0.15, 0.2) is 47.4 Å². The molecule has 2 aromatic carbocycles. The Hall–Kier alpha value is -1.32. The summed E-state index contributed by atoms with van der Waals surface area (Å²) in [7, 11) is 0. The number of halogens is 1. The molecule has 0 saturated carbocycles. The summed E-state index contributed by atoms with van der Waals surface area (Å²) in [6, 6.07) is 13.0. The molecule has 0 bridgehead atoms. The van der Waals surface area contributed by atoms with Gasteiger partial charge in [-0.3, -0.25) is 0 Å². The third-order valence-corrected chi connectivity index (χ3v) is 4.90. The van der Waals surface area contributed by atoms with Crippen LogP contribution in [0.1, 0.15) is 28.9 Å². The lowest BCUT2D eigenvalue weighted by molar-refractivity contribution is 0.625. The molecule has 0 aromatic heterocycles. The van der Waals surface area contributed by atoms with E-state index >= 15 is 0 Å². The standard InChI is InChI=1S/C17H20FNS/c1-11-4-9-16(10-12(11)2)20-17(13(3)19)14-5-7-15(18)8-6-14/h4-10,13,17H,19H2,1-3H3. The van der Waals surface area contributed by atoms with Gasteiger partial charge >= 0.3 is 0 Å². The van der Waals surface area contributed by atoms with E-state index in [0.717, 1.165) is 5.56 Å². The van der Waals surface area contributed by atoms with Crippen LogP contribution in [0, 0.1) is 19.7 Å². The summed E-state index contributed by atoms with van der Waals surface area (Å²) >= 11 is 1.73. The van der Waals surface area contributed by atoms with Crippen LogP contribution in [0.25, 0.3) is 0 Å². The van der Waals surface area contributed by atoms with Crippen molar-refractivity contribution in [1.29, 1.82) is 0 Å². The number of aryl methyl sites for hydroxylation is 2.